The lowest BCUT2D eigenvalue weighted by Gasteiger charge is -2.07. The van der Waals surface area contributed by atoms with Crippen molar-refractivity contribution >= 4 is 23.2 Å². The van der Waals surface area contributed by atoms with E-state index in [2.05, 4.69) is 6.07 Å². The number of halogens is 2. The minimum absolute atomic E-state index is 0.462. The summed E-state index contributed by atoms with van der Waals surface area (Å²) >= 11 is 11.7. The summed E-state index contributed by atoms with van der Waals surface area (Å²) in [6.07, 6.45) is 0. The Labute approximate surface area is 109 Å². The molecule has 0 atom stereocenters. The fourth-order valence-electron chi connectivity index (χ4n) is 1.36. The first-order valence-electron chi connectivity index (χ1n) is 4.82. The highest BCUT2D eigenvalue weighted by Crippen LogP contribution is 2.29. The molecular formula is C13H7Cl2NO. The van der Waals surface area contributed by atoms with Crippen LogP contribution in [0.1, 0.15) is 5.56 Å². The lowest BCUT2D eigenvalue weighted by Crippen LogP contribution is -1.87. The number of hydrogen-bond donors (Lipinski definition) is 0. The number of hydrogen-bond acceptors (Lipinski definition) is 2. The third-order valence-corrected chi connectivity index (χ3v) is 2.51. The van der Waals surface area contributed by atoms with E-state index in [1.807, 2.05) is 0 Å². The van der Waals surface area contributed by atoms with Gasteiger partial charge in [-0.05, 0) is 30.3 Å². The Kier molecular flexibility index (Phi) is 3.53. The smallest absolute Gasteiger partial charge is 0.145 e. The number of nitriles is 1. The van der Waals surface area contributed by atoms with Crippen molar-refractivity contribution in [2.45, 2.75) is 0 Å². The van der Waals surface area contributed by atoms with Gasteiger partial charge >= 0.3 is 0 Å². The molecule has 0 bridgehead atoms. The molecule has 17 heavy (non-hydrogen) atoms. The molecule has 0 aliphatic heterocycles. The second-order valence-corrected chi connectivity index (χ2v) is 4.19. The molecule has 4 heteroatoms. The molecular weight excluding hydrogens is 257 g/mol. The van der Waals surface area contributed by atoms with Crippen LogP contribution >= 0.6 is 23.2 Å². The van der Waals surface area contributed by atoms with Gasteiger partial charge in [-0.25, -0.2) is 0 Å². The van der Waals surface area contributed by atoms with Gasteiger partial charge in [0.2, 0.25) is 0 Å². The van der Waals surface area contributed by atoms with Crippen molar-refractivity contribution < 1.29 is 4.74 Å². The third kappa shape index (κ3) is 2.91. The summed E-state index contributed by atoms with van der Waals surface area (Å²) in [6, 6.07) is 13.9. The van der Waals surface area contributed by atoms with Crippen molar-refractivity contribution in [2.75, 3.05) is 0 Å². The van der Waals surface area contributed by atoms with E-state index < -0.39 is 0 Å². The van der Waals surface area contributed by atoms with Gasteiger partial charge in [0.15, 0.2) is 0 Å². The summed E-state index contributed by atoms with van der Waals surface area (Å²) in [5, 5.41) is 9.90. The van der Waals surface area contributed by atoms with Crippen LogP contribution in [0.2, 0.25) is 10.0 Å². The highest BCUT2D eigenvalue weighted by atomic mass is 35.5. The predicted molar refractivity (Wildman–Crippen MR) is 67.7 cm³/mol. The Morgan fingerprint density at radius 2 is 1.65 bits per heavy atom. The van der Waals surface area contributed by atoms with E-state index in [1.165, 1.54) is 0 Å². The Bertz CT molecular complexity index is 570. The van der Waals surface area contributed by atoms with E-state index in [0.29, 0.717) is 27.1 Å². The molecule has 0 saturated heterocycles. The summed E-state index contributed by atoms with van der Waals surface area (Å²) in [5.41, 5.74) is 0.462. The summed E-state index contributed by atoms with van der Waals surface area (Å²) in [5.74, 6) is 0.985. The molecule has 0 aromatic heterocycles. The maximum absolute atomic E-state index is 8.92. The summed E-state index contributed by atoms with van der Waals surface area (Å²) in [7, 11) is 0. The van der Waals surface area contributed by atoms with Gasteiger partial charge in [0.1, 0.15) is 17.6 Å². The lowest BCUT2D eigenvalue weighted by atomic mass is 10.2. The molecule has 0 radical (unpaired) electrons. The summed E-state index contributed by atoms with van der Waals surface area (Å²) < 4.78 is 5.57. The van der Waals surface area contributed by atoms with Crippen molar-refractivity contribution in [1.29, 1.82) is 5.26 Å². The van der Waals surface area contributed by atoms with Crippen LogP contribution in [-0.2, 0) is 0 Å². The van der Waals surface area contributed by atoms with Crippen molar-refractivity contribution in [1.82, 2.24) is 0 Å². The molecule has 84 valence electrons. The van der Waals surface area contributed by atoms with E-state index in [-0.39, 0.29) is 0 Å². The summed E-state index contributed by atoms with van der Waals surface area (Å²) in [6.45, 7) is 0. The summed E-state index contributed by atoms with van der Waals surface area (Å²) in [4.78, 5) is 0. The van der Waals surface area contributed by atoms with Crippen LogP contribution in [0, 0.1) is 11.3 Å². The molecule has 2 nitrogen and oxygen atoms in total. The van der Waals surface area contributed by atoms with Gasteiger partial charge in [0.25, 0.3) is 0 Å². The maximum atomic E-state index is 8.92. The van der Waals surface area contributed by atoms with E-state index in [0.717, 1.165) is 0 Å². The van der Waals surface area contributed by atoms with Gasteiger partial charge in [-0.2, -0.15) is 5.26 Å². The maximum Gasteiger partial charge on any atom is 0.145 e. The highest BCUT2D eigenvalue weighted by molar-refractivity contribution is 6.34. The predicted octanol–water partition coefficient (Wildman–Crippen LogP) is 4.66. The van der Waals surface area contributed by atoms with Crippen LogP contribution in [0.3, 0.4) is 0 Å². The molecule has 0 aliphatic carbocycles. The van der Waals surface area contributed by atoms with Gasteiger partial charge in [0.05, 0.1) is 5.56 Å². The second-order valence-electron chi connectivity index (χ2n) is 3.32. The first kappa shape index (κ1) is 11.8. The van der Waals surface area contributed by atoms with Gasteiger partial charge in [-0.15, -0.1) is 0 Å². The zero-order valence-corrected chi connectivity index (χ0v) is 10.2. The van der Waals surface area contributed by atoms with Crippen LogP contribution in [-0.4, -0.2) is 0 Å². The van der Waals surface area contributed by atoms with Gasteiger partial charge in [0, 0.05) is 10.0 Å². The number of para-hydroxylation sites is 1. The molecule has 0 aliphatic rings. The van der Waals surface area contributed by atoms with Crippen LogP contribution in [0.25, 0.3) is 0 Å². The average molecular weight is 264 g/mol. The van der Waals surface area contributed by atoms with Crippen LogP contribution in [0.4, 0.5) is 0 Å². The number of benzene rings is 2. The van der Waals surface area contributed by atoms with E-state index >= 15 is 0 Å². The normalized spacial score (nSPS) is 9.71. The second kappa shape index (κ2) is 5.09. The fourth-order valence-corrected chi connectivity index (χ4v) is 1.87. The molecule has 0 heterocycles. The molecule has 0 spiro atoms. The molecule has 0 unspecified atom stereocenters. The SMILES string of the molecule is N#Cc1ccccc1Oc1cc(Cl)cc(Cl)c1. The zero-order chi connectivity index (χ0) is 12.3. The molecule has 2 rings (SSSR count). The largest absolute Gasteiger partial charge is 0.456 e. The van der Waals surface area contributed by atoms with E-state index in [9.17, 15) is 0 Å². The van der Waals surface area contributed by atoms with E-state index in [4.69, 9.17) is 33.2 Å². The van der Waals surface area contributed by atoms with Crippen LogP contribution in [0.15, 0.2) is 42.5 Å². The highest BCUT2D eigenvalue weighted by Gasteiger charge is 2.05. The molecule has 0 fully saturated rings. The standard InChI is InChI=1S/C13H7Cl2NO/c14-10-5-11(15)7-12(6-10)17-13-4-2-1-3-9(13)8-16/h1-7H. The number of rotatable bonds is 2. The molecule has 2 aromatic carbocycles. The van der Waals surface area contributed by atoms with Gasteiger partial charge in [-0.1, -0.05) is 35.3 Å². The van der Waals surface area contributed by atoms with Crippen LogP contribution in [0.5, 0.6) is 11.5 Å². The minimum Gasteiger partial charge on any atom is -0.456 e. The van der Waals surface area contributed by atoms with Gasteiger partial charge < -0.3 is 4.74 Å². The van der Waals surface area contributed by atoms with Crippen molar-refractivity contribution in [2.24, 2.45) is 0 Å². The Morgan fingerprint density at radius 1 is 1.00 bits per heavy atom. The van der Waals surface area contributed by atoms with Gasteiger partial charge in [-0.3, -0.25) is 0 Å². The lowest BCUT2D eigenvalue weighted by molar-refractivity contribution is 0.481. The average Bonchev–Trinajstić information content (AvgIpc) is 2.28. The topological polar surface area (TPSA) is 33.0 Å². The Morgan fingerprint density at radius 3 is 2.29 bits per heavy atom. The zero-order valence-electron chi connectivity index (χ0n) is 8.65. The quantitative estimate of drug-likeness (QED) is 0.790. The number of nitrogens with zero attached hydrogens (tertiary/aromatic N) is 1. The van der Waals surface area contributed by atoms with E-state index in [1.54, 1.807) is 42.5 Å². The Balaban J connectivity index is 2.35. The monoisotopic (exact) mass is 263 g/mol. The minimum atomic E-state index is 0.462. The first-order chi connectivity index (χ1) is 8.19. The third-order valence-electron chi connectivity index (χ3n) is 2.07. The first-order valence-corrected chi connectivity index (χ1v) is 5.58. The van der Waals surface area contributed by atoms with Crippen molar-refractivity contribution in [3.8, 4) is 17.6 Å². The van der Waals surface area contributed by atoms with Crippen molar-refractivity contribution in [3.05, 3.63) is 58.1 Å². The fraction of sp³-hybridized carbons (Fsp3) is 0. The molecule has 2 aromatic rings. The molecule has 0 saturated carbocycles. The van der Waals surface area contributed by atoms with Crippen LogP contribution < -0.4 is 4.74 Å². The van der Waals surface area contributed by atoms with Crippen molar-refractivity contribution in [3.63, 3.8) is 0 Å². The molecule has 0 N–H and O–H groups in total. The molecule has 0 amide bonds. The number of ether oxygens (including phenoxy) is 1. The Hall–Kier alpha value is -1.69.